The molecule has 2 aliphatic rings. The Morgan fingerprint density at radius 1 is 1.29 bits per heavy atom. The van der Waals surface area contributed by atoms with Crippen LogP contribution in [0.4, 0.5) is 0 Å². The molecule has 2 atom stereocenters. The van der Waals surface area contributed by atoms with E-state index in [9.17, 15) is 9.90 Å². The highest BCUT2D eigenvalue weighted by Gasteiger charge is 2.43. The lowest BCUT2D eigenvalue weighted by Crippen LogP contribution is -2.55. The standard InChI is InChI=1S/C20H26N2O2/c1-15-5-4-7-18-17(15)8-11-21(18)14-19(23)22-12-10-20(24)9-3-2-6-16(20)13-22/h4-5,7-8,11,16,24H,2-3,6,9-10,12-14H2,1H3/t16-,20-/m0/s1. The van der Waals surface area contributed by atoms with E-state index in [0.717, 1.165) is 31.2 Å². The Morgan fingerprint density at radius 3 is 3.04 bits per heavy atom. The number of benzene rings is 1. The molecular formula is C20H26N2O2. The van der Waals surface area contributed by atoms with Gasteiger partial charge < -0.3 is 14.6 Å². The third kappa shape index (κ3) is 2.63. The highest BCUT2D eigenvalue weighted by molar-refractivity contribution is 5.85. The molecule has 1 amide bonds. The minimum absolute atomic E-state index is 0.168. The number of carbonyl (C=O) groups is 1. The van der Waals surface area contributed by atoms with Crippen molar-refractivity contribution in [3.8, 4) is 0 Å². The maximum Gasteiger partial charge on any atom is 0.242 e. The normalized spacial score (nSPS) is 27.2. The fourth-order valence-electron chi connectivity index (χ4n) is 4.56. The van der Waals surface area contributed by atoms with Crippen LogP contribution in [0.2, 0.25) is 0 Å². The maximum absolute atomic E-state index is 12.8. The van der Waals surface area contributed by atoms with Crippen LogP contribution in [0.3, 0.4) is 0 Å². The van der Waals surface area contributed by atoms with Crippen molar-refractivity contribution in [1.82, 2.24) is 9.47 Å². The van der Waals surface area contributed by atoms with Gasteiger partial charge in [0.15, 0.2) is 0 Å². The Morgan fingerprint density at radius 2 is 2.17 bits per heavy atom. The number of fused-ring (bicyclic) bond motifs is 2. The van der Waals surface area contributed by atoms with E-state index < -0.39 is 5.60 Å². The molecule has 2 aromatic rings. The molecule has 1 N–H and O–H groups in total. The molecule has 1 aliphatic heterocycles. The molecule has 1 saturated heterocycles. The summed E-state index contributed by atoms with van der Waals surface area (Å²) in [5.74, 6) is 0.425. The van der Waals surface area contributed by atoms with E-state index in [1.165, 1.54) is 17.4 Å². The first-order chi connectivity index (χ1) is 11.6. The van der Waals surface area contributed by atoms with E-state index in [-0.39, 0.29) is 11.8 Å². The van der Waals surface area contributed by atoms with Crippen molar-refractivity contribution in [1.29, 1.82) is 0 Å². The van der Waals surface area contributed by atoms with Gasteiger partial charge in [0.05, 0.1) is 5.60 Å². The monoisotopic (exact) mass is 326 g/mol. The van der Waals surface area contributed by atoms with E-state index >= 15 is 0 Å². The second kappa shape index (κ2) is 5.92. The van der Waals surface area contributed by atoms with Crippen LogP contribution in [-0.4, -0.2) is 39.2 Å². The van der Waals surface area contributed by atoms with Gasteiger partial charge in [-0.3, -0.25) is 4.79 Å². The van der Waals surface area contributed by atoms with Crippen LogP contribution in [0.15, 0.2) is 30.5 Å². The second-order valence-corrected chi connectivity index (χ2v) is 7.59. The van der Waals surface area contributed by atoms with E-state index in [0.29, 0.717) is 19.6 Å². The number of amides is 1. The molecule has 2 heterocycles. The number of aliphatic hydroxyl groups is 1. The van der Waals surface area contributed by atoms with Crippen LogP contribution < -0.4 is 0 Å². The highest BCUT2D eigenvalue weighted by atomic mass is 16.3. The summed E-state index contributed by atoms with van der Waals surface area (Å²) < 4.78 is 2.05. The Kier molecular flexibility index (Phi) is 3.87. The second-order valence-electron chi connectivity index (χ2n) is 7.59. The fraction of sp³-hybridized carbons (Fsp3) is 0.550. The summed E-state index contributed by atoms with van der Waals surface area (Å²) in [5, 5.41) is 12.0. The van der Waals surface area contributed by atoms with Crippen molar-refractivity contribution in [2.75, 3.05) is 13.1 Å². The van der Waals surface area contributed by atoms with E-state index in [1.807, 2.05) is 21.7 Å². The zero-order chi connectivity index (χ0) is 16.7. The minimum atomic E-state index is -0.522. The van der Waals surface area contributed by atoms with Crippen molar-refractivity contribution in [3.05, 3.63) is 36.0 Å². The number of nitrogens with zero attached hydrogens (tertiary/aromatic N) is 2. The fourth-order valence-corrected chi connectivity index (χ4v) is 4.56. The minimum Gasteiger partial charge on any atom is -0.389 e. The molecule has 1 aliphatic carbocycles. The average molecular weight is 326 g/mol. The van der Waals surface area contributed by atoms with E-state index in [2.05, 4.69) is 25.1 Å². The first kappa shape index (κ1) is 15.7. The van der Waals surface area contributed by atoms with Gasteiger partial charge in [-0.25, -0.2) is 0 Å². The zero-order valence-electron chi connectivity index (χ0n) is 14.4. The van der Waals surface area contributed by atoms with Crippen LogP contribution in [0.25, 0.3) is 10.9 Å². The summed E-state index contributed by atoms with van der Waals surface area (Å²) in [5.41, 5.74) is 1.84. The molecule has 2 fully saturated rings. The van der Waals surface area contributed by atoms with Crippen LogP contribution in [0.5, 0.6) is 0 Å². The van der Waals surface area contributed by atoms with Gasteiger partial charge in [-0.2, -0.15) is 0 Å². The van der Waals surface area contributed by atoms with Crippen LogP contribution >= 0.6 is 0 Å². The number of likely N-dealkylation sites (tertiary alicyclic amines) is 1. The van der Waals surface area contributed by atoms with Crippen molar-refractivity contribution in [2.24, 2.45) is 5.92 Å². The predicted octanol–water partition coefficient (Wildman–Crippen LogP) is 3.10. The van der Waals surface area contributed by atoms with E-state index in [1.54, 1.807) is 0 Å². The topological polar surface area (TPSA) is 45.5 Å². The van der Waals surface area contributed by atoms with Gasteiger partial charge >= 0.3 is 0 Å². The number of carbonyl (C=O) groups excluding carboxylic acids is 1. The summed E-state index contributed by atoms with van der Waals surface area (Å²) in [7, 11) is 0. The lowest BCUT2D eigenvalue weighted by Gasteiger charge is -2.47. The molecule has 0 bridgehead atoms. The van der Waals surface area contributed by atoms with E-state index in [4.69, 9.17) is 0 Å². The molecule has 4 heteroatoms. The van der Waals surface area contributed by atoms with Gasteiger partial charge in [-0.15, -0.1) is 0 Å². The molecule has 1 aromatic heterocycles. The van der Waals surface area contributed by atoms with Gasteiger partial charge in [0, 0.05) is 36.1 Å². The third-order valence-corrected chi connectivity index (χ3v) is 6.12. The molecule has 128 valence electrons. The Hall–Kier alpha value is -1.81. The number of hydrogen-bond acceptors (Lipinski definition) is 2. The SMILES string of the molecule is Cc1cccc2c1ccn2CC(=O)N1CC[C@@]2(O)CCCC[C@H]2C1. The molecule has 0 unspecified atom stereocenters. The lowest BCUT2D eigenvalue weighted by atomic mass is 9.71. The third-order valence-electron chi connectivity index (χ3n) is 6.12. The van der Waals surface area contributed by atoms with Crippen LogP contribution in [0.1, 0.15) is 37.7 Å². The summed E-state index contributed by atoms with van der Waals surface area (Å²) >= 11 is 0. The van der Waals surface area contributed by atoms with Gasteiger partial charge in [0.1, 0.15) is 6.54 Å². The largest absolute Gasteiger partial charge is 0.389 e. The predicted molar refractivity (Wildman–Crippen MR) is 94.8 cm³/mol. The first-order valence-electron chi connectivity index (χ1n) is 9.11. The van der Waals surface area contributed by atoms with Gasteiger partial charge in [0.2, 0.25) is 5.91 Å². The zero-order valence-corrected chi connectivity index (χ0v) is 14.4. The molecule has 24 heavy (non-hydrogen) atoms. The summed E-state index contributed by atoms with van der Waals surface area (Å²) in [6.07, 6.45) is 6.99. The van der Waals surface area contributed by atoms with Crippen LogP contribution in [-0.2, 0) is 11.3 Å². The molecule has 0 spiro atoms. The Balaban J connectivity index is 1.49. The number of rotatable bonds is 2. The molecule has 4 nitrogen and oxygen atoms in total. The molecule has 4 rings (SSSR count). The number of aryl methyl sites for hydroxylation is 1. The lowest BCUT2D eigenvalue weighted by molar-refractivity contribution is -0.143. The Bertz CT molecular complexity index is 766. The summed E-state index contributed by atoms with van der Waals surface area (Å²) in [6, 6.07) is 8.31. The summed E-state index contributed by atoms with van der Waals surface area (Å²) in [4.78, 5) is 14.8. The average Bonchev–Trinajstić information content (AvgIpc) is 2.98. The molecule has 1 saturated carbocycles. The van der Waals surface area contributed by atoms with Crippen LogP contribution in [0, 0.1) is 12.8 Å². The van der Waals surface area contributed by atoms with Gasteiger partial charge in [-0.1, -0.05) is 25.0 Å². The highest BCUT2D eigenvalue weighted by Crippen LogP contribution is 2.39. The van der Waals surface area contributed by atoms with Crippen molar-refractivity contribution in [3.63, 3.8) is 0 Å². The summed E-state index contributed by atoms with van der Waals surface area (Å²) in [6.45, 7) is 3.89. The smallest absolute Gasteiger partial charge is 0.242 e. The number of hydrogen-bond donors (Lipinski definition) is 1. The van der Waals surface area contributed by atoms with Crippen molar-refractivity contribution in [2.45, 2.75) is 51.2 Å². The molecule has 1 aromatic carbocycles. The Labute approximate surface area is 143 Å². The first-order valence-corrected chi connectivity index (χ1v) is 9.11. The van der Waals surface area contributed by atoms with Crippen molar-refractivity contribution >= 4 is 16.8 Å². The number of piperidine rings is 1. The quantitative estimate of drug-likeness (QED) is 0.922. The van der Waals surface area contributed by atoms with Gasteiger partial charge in [-0.05, 0) is 43.9 Å². The number of aromatic nitrogens is 1. The molecular weight excluding hydrogens is 300 g/mol. The van der Waals surface area contributed by atoms with Crippen molar-refractivity contribution < 1.29 is 9.90 Å². The molecule has 0 radical (unpaired) electrons. The van der Waals surface area contributed by atoms with Gasteiger partial charge in [0.25, 0.3) is 0 Å². The maximum atomic E-state index is 12.8.